The molecule has 0 radical (unpaired) electrons. The average Bonchev–Trinajstić information content (AvgIpc) is 2.89. The van der Waals surface area contributed by atoms with E-state index in [0.717, 1.165) is 33.8 Å². The van der Waals surface area contributed by atoms with E-state index in [1.54, 1.807) is 6.20 Å². The molecule has 0 atom stereocenters. The smallest absolute Gasteiger partial charge is 0.231 e. The molecule has 0 saturated heterocycles. The fourth-order valence-corrected chi connectivity index (χ4v) is 2.49. The van der Waals surface area contributed by atoms with Gasteiger partial charge >= 0.3 is 0 Å². The van der Waals surface area contributed by atoms with E-state index < -0.39 is 0 Å². The molecule has 6 heteroatoms. The highest BCUT2D eigenvalue weighted by atomic mass is 79.9. The van der Waals surface area contributed by atoms with E-state index >= 15 is 0 Å². The highest BCUT2D eigenvalue weighted by molar-refractivity contribution is 9.10. The summed E-state index contributed by atoms with van der Waals surface area (Å²) in [6.45, 7) is 1.69. The minimum absolute atomic E-state index is 0.282. The molecule has 0 aliphatic carbocycles. The van der Waals surface area contributed by atoms with Gasteiger partial charge in [0.2, 0.25) is 6.79 Å². The topological polar surface area (TPSA) is 56.3 Å². The predicted molar refractivity (Wildman–Crippen MR) is 72.8 cm³/mol. The molecule has 19 heavy (non-hydrogen) atoms. The number of halogens is 1. The lowest BCUT2D eigenvalue weighted by molar-refractivity contribution is 0.173. The van der Waals surface area contributed by atoms with Crippen molar-refractivity contribution < 1.29 is 9.47 Å². The van der Waals surface area contributed by atoms with Crippen LogP contribution in [0.15, 0.2) is 34.9 Å². The number of rotatable bonds is 4. The Morgan fingerprint density at radius 3 is 3.05 bits per heavy atom. The number of fused-ring (bicyclic) bond motifs is 1. The molecule has 3 rings (SSSR count). The minimum atomic E-state index is 0.282. The molecule has 2 heterocycles. The second kappa shape index (κ2) is 5.54. The van der Waals surface area contributed by atoms with E-state index in [9.17, 15) is 0 Å². The molecule has 0 spiro atoms. The van der Waals surface area contributed by atoms with Crippen LogP contribution in [0.1, 0.15) is 11.3 Å². The zero-order valence-corrected chi connectivity index (χ0v) is 11.7. The highest BCUT2D eigenvalue weighted by Crippen LogP contribution is 2.39. The van der Waals surface area contributed by atoms with E-state index in [-0.39, 0.29) is 6.79 Å². The molecule has 2 aromatic rings. The Balaban J connectivity index is 1.63. The number of aromatic nitrogens is 2. The van der Waals surface area contributed by atoms with Gasteiger partial charge < -0.3 is 14.8 Å². The Labute approximate surface area is 119 Å². The summed E-state index contributed by atoms with van der Waals surface area (Å²) in [4.78, 5) is 0. The first-order valence-corrected chi connectivity index (χ1v) is 6.67. The Bertz CT molecular complexity index is 578. The standard InChI is InChI=1S/C13H12BrN3O2/c14-11-4-9(5-12-13(11)19-8-18-12)6-15-7-10-2-1-3-16-17-10/h1-5,15H,6-8H2. The number of hydrogen-bond acceptors (Lipinski definition) is 5. The molecule has 1 aromatic heterocycles. The summed E-state index contributed by atoms with van der Waals surface area (Å²) in [5.41, 5.74) is 2.04. The zero-order chi connectivity index (χ0) is 13.1. The van der Waals surface area contributed by atoms with Crippen molar-refractivity contribution in [2.24, 2.45) is 0 Å². The number of benzene rings is 1. The van der Waals surface area contributed by atoms with E-state index in [4.69, 9.17) is 9.47 Å². The van der Waals surface area contributed by atoms with Crippen LogP contribution in [-0.4, -0.2) is 17.0 Å². The van der Waals surface area contributed by atoms with Crippen LogP contribution >= 0.6 is 15.9 Å². The second-order valence-corrected chi connectivity index (χ2v) is 4.98. The Kier molecular flexibility index (Phi) is 3.61. The molecule has 1 N–H and O–H groups in total. The molecule has 0 fully saturated rings. The molecule has 0 amide bonds. The lowest BCUT2D eigenvalue weighted by Crippen LogP contribution is -2.13. The average molecular weight is 322 g/mol. The maximum atomic E-state index is 5.38. The molecule has 1 aromatic carbocycles. The molecule has 0 saturated carbocycles. The molecule has 1 aliphatic rings. The summed E-state index contributed by atoms with van der Waals surface area (Å²) in [5, 5.41) is 11.2. The third-order valence-corrected chi connectivity index (χ3v) is 3.34. The van der Waals surface area contributed by atoms with Gasteiger partial charge in [0.25, 0.3) is 0 Å². The zero-order valence-electron chi connectivity index (χ0n) is 10.1. The Hall–Kier alpha value is -1.66. The first-order chi connectivity index (χ1) is 9.33. The number of nitrogens with zero attached hydrogens (tertiary/aromatic N) is 2. The largest absolute Gasteiger partial charge is 0.454 e. The minimum Gasteiger partial charge on any atom is -0.454 e. The van der Waals surface area contributed by atoms with E-state index in [0.29, 0.717) is 6.54 Å². The van der Waals surface area contributed by atoms with E-state index in [1.165, 1.54) is 0 Å². The van der Waals surface area contributed by atoms with E-state index in [1.807, 2.05) is 24.3 Å². The van der Waals surface area contributed by atoms with Crippen LogP contribution < -0.4 is 14.8 Å². The van der Waals surface area contributed by atoms with Gasteiger partial charge in [0.1, 0.15) is 0 Å². The van der Waals surface area contributed by atoms with Crippen LogP contribution in [-0.2, 0) is 13.1 Å². The fourth-order valence-electron chi connectivity index (χ4n) is 1.89. The summed E-state index contributed by atoms with van der Waals surface area (Å²) in [6, 6.07) is 7.82. The lowest BCUT2D eigenvalue weighted by Gasteiger charge is -2.06. The van der Waals surface area contributed by atoms with Gasteiger partial charge in [-0.1, -0.05) is 0 Å². The van der Waals surface area contributed by atoms with Crippen molar-refractivity contribution in [3.63, 3.8) is 0 Å². The third-order valence-electron chi connectivity index (χ3n) is 2.75. The van der Waals surface area contributed by atoms with Crippen LogP contribution in [0.2, 0.25) is 0 Å². The van der Waals surface area contributed by atoms with Crippen molar-refractivity contribution in [2.45, 2.75) is 13.1 Å². The lowest BCUT2D eigenvalue weighted by atomic mass is 10.2. The number of ether oxygens (including phenoxy) is 2. The van der Waals surface area contributed by atoms with Crippen molar-refractivity contribution >= 4 is 15.9 Å². The maximum absolute atomic E-state index is 5.38. The molecule has 0 unspecified atom stereocenters. The van der Waals surface area contributed by atoms with Crippen LogP contribution in [0.5, 0.6) is 11.5 Å². The van der Waals surface area contributed by atoms with Crippen molar-refractivity contribution in [1.29, 1.82) is 0 Å². The quantitative estimate of drug-likeness (QED) is 0.936. The fraction of sp³-hybridized carbons (Fsp3) is 0.231. The third kappa shape index (κ3) is 2.85. The Morgan fingerprint density at radius 2 is 2.21 bits per heavy atom. The van der Waals surface area contributed by atoms with Crippen molar-refractivity contribution in [3.8, 4) is 11.5 Å². The summed E-state index contributed by atoms with van der Waals surface area (Å²) in [7, 11) is 0. The SMILES string of the molecule is Brc1cc(CNCc2cccnn2)cc2c1OCO2. The van der Waals surface area contributed by atoms with Gasteiger partial charge in [-0.05, 0) is 45.8 Å². The molecule has 1 aliphatic heterocycles. The molecule has 98 valence electrons. The normalized spacial score (nSPS) is 12.7. The molecule has 5 nitrogen and oxygen atoms in total. The van der Waals surface area contributed by atoms with Crippen molar-refractivity contribution in [3.05, 3.63) is 46.2 Å². The van der Waals surface area contributed by atoms with E-state index in [2.05, 4.69) is 31.4 Å². The first kappa shape index (κ1) is 12.4. The molecular weight excluding hydrogens is 310 g/mol. The van der Waals surface area contributed by atoms with Crippen molar-refractivity contribution in [2.75, 3.05) is 6.79 Å². The van der Waals surface area contributed by atoms with Gasteiger partial charge in [0, 0.05) is 19.3 Å². The van der Waals surface area contributed by atoms with Crippen LogP contribution in [0.25, 0.3) is 0 Å². The number of hydrogen-bond donors (Lipinski definition) is 1. The number of nitrogens with one attached hydrogen (secondary N) is 1. The molecular formula is C13H12BrN3O2. The Morgan fingerprint density at radius 1 is 1.26 bits per heavy atom. The van der Waals surface area contributed by atoms with Gasteiger partial charge in [-0.25, -0.2) is 0 Å². The van der Waals surface area contributed by atoms with Crippen LogP contribution in [0.4, 0.5) is 0 Å². The van der Waals surface area contributed by atoms with Gasteiger partial charge in [-0.15, -0.1) is 0 Å². The van der Waals surface area contributed by atoms with Crippen molar-refractivity contribution in [1.82, 2.24) is 15.5 Å². The van der Waals surface area contributed by atoms with Crippen LogP contribution in [0.3, 0.4) is 0 Å². The highest BCUT2D eigenvalue weighted by Gasteiger charge is 2.17. The maximum Gasteiger partial charge on any atom is 0.231 e. The summed E-state index contributed by atoms with van der Waals surface area (Å²) in [6.07, 6.45) is 1.67. The predicted octanol–water partition coefficient (Wildman–Crippen LogP) is 2.26. The summed E-state index contributed by atoms with van der Waals surface area (Å²) >= 11 is 3.48. The first-order valence-electron chi connectivity index (χ1n) is 5.88. The monoisotopic (exact) mass is 321 g/mol. The van der Waals surface area contributed by atoms with Gasteiger partial charge in [-0.3, -0.25) is 0 Å². The van der Waals surface area contributed by atoms with Crippen LogP contribution in [0, 0.1) is 0 Å². The summed E-state index contributed by atoms with van der Waals surface area (Å²) in [5.74, 6) is 1.56. The second-order valence-electron chi connectivity index (χ2n) is 4.13. The van der Waals surface area contributed by atoms with Gasteiger partial charge in [0.05, 0.1) is 10.2 Å². The molecule has 0 bridgehead atoms. The van der Waals surface area contributed by atoms with Gasteiger partial charge in [0.15, 0.2) is 11.5 Å². The summed E-state index contributed by atoms with van der Waals surface area (Å²) < 4.78 is 11.6. The van der Waals surface area contributed by atoms with Gasteiger partial charge in [-0.2, -0.15) is 10.2 Å².